The third-order valence-corrected chi connectivity index (χ3v) is 4.75. The Hall–Kier alpha value is -3.68. The van der Waals surface area contributed by atoms with Gasteiger partial charge in [0.25, 0.3) is 5.56 Å². The highest BCUT2D eigenvalue weighted by Crippen LogP contribution is 2.28. The van der Waals surface area contributed by atoms with E-state index < -0.39 is 5.69 Å². The van der Waals surface area contributed by atoms with Crippen molar-refractivity contribution in [3.8, 4) is 11.3 Å². The molecule has 8 heteroatoms. The van der Waals surface area contributed by atoms with Gasteiger partial charge in [0, 0.05) is 49.0 Å². The molecule has 5 aromatic rings. The van der Waals surface area contributed by atoms with Crippen LogP contribution in [0.25, 0.3) is 38.8 Å². The number of para-hydroxylation sites is 1. The highest BCUT2D eigenvalue weighted by Gasteiger charge is 2.16. The van der Waals surface area contributed by atoms with Gasteiger partial charge in [-0.15, -0.1) is 0 Å². The number of aromatic nitrogens is 6. The summed E-state index contributed by atoms with van der Waals surface area (Å²) in [6, 6.07) is 9.79. The lowest BCUT2D eigenvalue weighted by Gasteiger charge is -2.07. The van der Waals surface area contributed by atoms with Crippen LogP contribution in [0.1, 0.15) is 0 Å². The van der Waals surface area contributed by atoms with Gasteiger partial charge in [-0.1, -0.05) is 18.2 Å². The van der Waals surface area contributed by atoms with Crippen LogP contribution in [0.15, 0.2) is 52.3 Å². The van der Waals surface area contributed by atoms with Crippen LogP contribution >= 0.6 is 0 Å². The summed E-state index contributed by atoms with van der Waals surface area (Å²) in [5.74, 6) is 0. The van der Waals surface area contributed by atoms with Gasteiger partial charge in [0.15, 0.2) is 11.3 Å². The Labute approximate surface area is 145 Å². The molecule has 0 fully saturated rings. The Balaban J connectivity index is 1.90. The number of hydrogen-bond donors (Lipinski definition) is 1. The van der Waals surface area contributed by atoms with Gasteiger partial charge >= 0.3 is 5.69 Å². The molecule has 128 valence electrons. The number of nitrogens with one attached hydrogen (secondary N) is 1. The van der Waals surface area contributed by atoms with E-state index in [-0.39, 0.29) is 5.56 Å². The average Bonchev–Trinajstić information content (AvgIpc) is 3.27. The molecule has 1 aromatic carbocycles. The molecule has 5 rings (SSSR count). The minimum Gasteiger partial charge on any atom is -0.360 e. The first-order valence-electron chi connectivity index (χ1n) is 8.07. The Kier molecular flexibility index (Phi) is 2.77. The molecule has 0 spiro atoms. The number of H-pyrrole nitrogens is 1. The maximum absolute atomic E-state index is 12.4. The van der Waals surface area contributed by atoms with Gasteiger partial charge in [0.2, 0.25) is 0 Å². The summed E-state index contributed by atoms with van der Waals surface area (Å²) >= 11 is 0. The van der Waals surface area contributed by atoms with Gasteiger partial charge in [-0.25, -0.2) is 9.78 Å². The molecule has 8 nitrogen and oxygen atoms in total. The number of hydrogen-bond acceptors (Lipinski definition) is 4. The molecule has 4 heterocycles. The number of benzene rings is 1. The second-order valence-corrected chi connectivity index (χ2v) is 6.25. The smallest absolute Gasteiger partial charge is 0.332 e. The minimum absolute atomic E-state index is 0.343. The van der Waals surface area contributed by atoms with Crippen LogP contribution in [0.3, 0.4) is 0 Å². The molecule has 0 radical (unpaired) electrons. The summed E-state index contributed by atoms with van der Waals surface area (Å²) < 4.78 is 4.03. The molecule has 0 aliphatic rings. The van der Waals surface area contributed by atoms with Crippen molar-refractivity contribution in [3.05, 3.63) is 63.6 Å². The number of rotatable bonds is 1. The van der Waals surface area contributed by atoms with Crippen molar-refractivity contribution >= 4 is 27.6 Å². The summed E-state index contributed by atoms with van der Waals surface area (Å²) in [5.41, 5.74) is 2.87. The van der Waals surface area contributed by atoms with E-state index in [0.29, 0.717) is 16.7 Å². The van der Waals surface area contributed by atoms with Crippen molar-refractivity contribution in [1.82, 2.24) is 28.7 Å². The second kappa shape index (κ2) is 4.92. The van der Waals surface area contributed by atoms with Crippen LogP contribution in [0.2, 0.25) is 0 Å². The Morgan fingerprint density at radius 2 is 1.85 bits per heavy atom. The molecular weight excluding hydrogens is 332 g/mol. The number of aryl methyl sites for hydroxylation is 1. The van der Waals surface area contributed by atoms with Gasteiger partial charge in [-0.05, 0) is 6.07 Å². The van der Waals surface area contributed by atoms with Gasteiger partial charge < -0.3 is 4.98 Å². The predicted octanol–water partition coefficient (Wildman–Crippen LogP) is 1.43. The fraction of sp³-hybridized carbons (Fsp3) is 0.111. The maximum Gasteiger partial charge on any atom is 0.332 e. The Bertz CT molecular complexity index is 1450. The van der Waals surface area contributed by atoms with Crippen molar-refractivity contribution in [2.45, 2.75) is 0 Å². The zero-order valence-electron chi connectivity index (χ0n) is 14.1. The van der Waals surface area contributed by atoms with Crippen LogP contribution in [0.4, 0.5) is 0 Å². The highest BCUT2D eigenvalue weighted by molar-refractivity contribution is 5.95. The molecule has 0 atom stereocenters. The van der Waals surface area contributed by atoms with Gasteiger partial charge in [-0.3, -0.25) is 13.9 Å². The normalized spacial score (nSPS) is 11.8. The molecule has 0 unspecified atom stereocenters. The molecule has 0 saturated carbocycles. The molecule has 0 amide bonds. The fourth-order valence-corrected chi connectivity index (χ4v) is 3.39. The van der Waals surface area contributed by atoms with Crippen LogP contribution < -0.4 is 11.2 Å². The summed E-state index contributed by atoms with van der Waals surface area (Å²) in [4.78, 5) is 32.3. The van der Waals surface area contributed by atoms with E-state index in [1.807, 2.05) is 36.5 Å². The molecule has 26 heavy (non-hydrogen) atoms. The van der Waals surface area contributed by atoms with Gasteiger partial charge in [-0.2, -0.15) is 9.61 Å². The van der Waals surface area contributed by atoms with E-state index in [1.54, 1.807) is 11.6 Å². The SMILES string of the molecule is Cn1c(=O)c2cnc3cc(-c4c[nH]c5ccccc45)nn3c2n(C)c1=O. The minimum atomic E-state index is -0.404. The average molecular weight is 346 g/mol. The second-order valence-electron chi connectivity index (χ2n) is 6.25. The van der Waals surface area contributed by atoms with E-state index >= 15 is 0 Å². The molecule has 0 aliphatic carbocycles. The molecular formula is C18H14N6O2. The monoisotopic (exact) mass is 346 g/mol. The van der Waals surface area contributed by atoms with Crippen LogP contribution in [-0.2, 0) is 14.1 Å². The van der Waals surface area contributed by atoms with Crippen molar-refractivity contribution in [1.29, 1.82) is 0 Å². The lowest BCUT2D eigenvalue weighted by atomic mass is 10.1. The van der Waals surface area contributed by atoms with Crippen LogP contribution in [0.5, 0.6) is 0 Å². The van der Waals surface area contributed by atoms with Gasteiger partial charge in [0.1, 0.15) is 5.39 Å². The summed E-state index contributed by atoms with van der Waals surface area (Å²) in [7, 11) is 3.07. The molecule has 1 N–H and O–H groups in total. The largest absolute Gasteiger partial charge is 0.360 e. The van der Waals surface area contributed by atoms with Crippen LogP contribution in [-0.4, -0.2) is 28.7 Å². The third kappa shape index (κ3) is 1.78. The summed E-state index contributed by atoms with van der Waals surface area (Å²) in [5, 5.41) is 6.02. The lowest BCUT2D eigenvalue weighted by molar-refractivity contribution is 0.697. The molecule has 0 saturated heterocycles. The van der Waals surface area contributed by atoms with Crippen molar-refractivity contribution < 1.29 is 0 Å². The number of nitrogens with zero attached hydrogens (tertiary/aromatic N) is 5. The molecule has 0 aliphatic heterocycles. The van der Waals surface area contributed by atoms with Crippen molar-refractivity contribution in [2.75, 3.05) is 0 Å². The standard InChI is InChI=1S/C18H14N6O2/c1-22-16-12(17(25)23(2)18(22)26)9-20-15-7-14(21-24(15)16)11-8-19-13-6-4-3-5-10(11)13/h3-9,19H,1-2H3. The van der Waals surface area contributed by atoms with E-state index in [9.17, 15) is 9.59 Å². The zero-order valence-corrected chi connectivity index (χ0v) is 14.1. The first-order valence-corrected chi connectivity index (χ1v) is 8.07. The van der Waals surface area contributed by atoms with E-state index in [1.165, 1.54) is 17.8 Å². The topological polar surface area (TPSA) is 90.0 Å². The third-order valence-electron chi connectivity index (χ3n) is 4.75. The van der Waals surface area contributed by atoms with Crippen LogP contribution in [0, 0.1) is 0 Å². The lowest BCUT2D eigenvalue weighted by Crippen LogP contribution is -2.37. The summed E-state index contributed by atoms with van der Waals surface area (Å²) in [6.07, 6.45) is 3.39. The Morgan fingerprint density at radius 1 is 1.04 bits per heavy atom. The first kappa shape index (κ1) is 14.6. The Morgan fingerprint density at radius 3 is 2.69 bits per heavy atom. The number of fused-ring (bicyclic) bond motifs is 4. The molecule has 4 aromatic heterocycles. The number of aromatic amines is 1. The molecule has 0 bridgehead atoms. The zero-order chi connectivity index (χ0) is 18.0. The first-order chi connectivity index (χ1) is 12.6. The van der Waals surface area contributed by atoms with E-state index in [0.717, 1.165) is 26.7 Å². The van der Waals surface area contributed by atoms with E-state index in [4.69, 9.17) is 0 Å². The quantitative estimate of drug-likeness (QED) is 0.497. The fourth-order valence-electron chi connectivity index (χ4n) is 3.39. The maximum atomic E-state index is 12.4. The van der Waals surface area contributed by atoms with Crippen molar-refractivity contribution in [2.24, 2.45) is 14.1 Å². The summed E-state index contributed by atoms with van der Waals surface area (Å²) in [6.45, 7) is 0. The van der Waals surface area contributed by atoms with Crippen molar-refractivity contribution in [3.63, 3.8) is 0 Å². The highest BCUT2D eigenvalue weighted by atomic mass is 16.2. The van der Waals surface area contributed by atoms with E-state index in [2.05, 4.69) is 15.1 Å². The predicted molar refractivity (Wildman–Crippen MR) is 98.3 cm³/mol. The van der Waals surface area contributed by atoms with Gasteiger partial charge in [0.05, 0.1) is 5.69 Å².